The Bertz CT molecular complexity index is 881. The van der Waals surface area contributed by atoms with Crippen molar-refractivity contribution in [2.24, 2.45) is 0 Å². The van der Waals surface area contributed by atoms with Crippen molar-refractivity contribution < 1.29 is 4.79 Å². The van der Waals surface area contributed by atoms with E-state index in [0.29, 0.717) is 0 Å². The summed E-state index contributed by atoms with van der Waals surface area (Å²) in [5.74, 6) is -0.500. The molecule has 0 radical (unpaired) electrons. The maximum Gasteiger partial charge on any atom is 0.329 e. The summed E-state index contributed by atoms with van der Waals surface area (Å²) >= 11 is 0. The molecule has 2 rings (SSSR count). The van der Waals surface area contributed by atoms with Crippen molar-refractivity contribution in [1.29, 1.82) is 0 Å². The SMILES string of the molecule is CCn1c(N)c(C(=O)CN(C)C(C)c2ccc(C)cc2)c(=O)[nH]c1=O. The average molecular weight is 344 g/mol. The summed E-state index contributed by atoms with van der Waals surface area (Å²) in [6.07, 6.45) is 0. The Hall–Kier alpha value is -2.67. The van der Waals surface area contributed by atoms with Gasteiger partial charge in [0.15, 0.2) is 5.78 Å². The second kappa shape index (κ2) is 7.48. The van der Waals surface area contributed by atoms with E-state index < -0.39 is 17.0 Å². The number of carbonyl (C=O) groups is 1. The van der Waals surface area contributed by atoms with Gasteiger partial charge in [-0.1, -0.05) is 29.8 Å². The molecule has 25 heavy (non-hydrogen) atoms. The van der Waals surface area contributed by atoms with E-state index in [9.17, 15) is 14.4 Å². The number of Topliss-reactive ketones (excluding diaryl/α,β-unsaturated/α-hetero) is 1. The van der Waals surface area contributed by atoms with Crippen molar-refractivity contribution in [3.8, 4) is 0 Å². The van der Waals surface area contributed by atoms with Gasteiger partial charge in [0.2, 0.25) is 0 Å². The number of ketones is 1. The summed E-state index contributed by atoms with van der Waals surface area (Å²) in [7, 11) is 1.81. The van der Waals surface area contributed by atoms with E-state index in [4.69, 9.17) is 5.73 Å². The highest BCUT2D eigenvalue weighted by Gasteiger charge is 2.22. The summed E-state index contributed by atoms with van der Waals surface area (Å²) in [6.45, 7) is 6.01. The summed E-state index contributed by atoms with van der Waals surface area (Å²) in [4.78, 5) is 40.4. The number of anilines is 1. The molecule has 0 saturated carbocycles. The third kappa shape index (κ3) is 3.88. The number of nitrogen functional groups attached to an aromatic ring is 1. The zero-order valence-corrected chi connectivity index (χ0v) is 15.0. The normalized spacial score (nSPS) is 12.4. The second-order valence-electron chi connectivity index (χ2n) is 6.19. The zero-order chi connectivity index (χ0) is 18.7. The van der Waals surface area contributed by atoms with Gasteiger partial charge >= 0.3 is 5.69 Å². The van der Waals surface area contributed by atoms with Gasteiger partial charge in [0.05, 0.1) is 6.54 Å². The summed E-state index contributed by atoms with van der Waals surface area (Å²) in [5, 5.41) is 0. The van der Waals surface area contributed by atoms with Gasteiger partial charge < -0.3 is 5.73 Å². The van der Waals surface area contributed by atoms with Gasteiger partial charge in [-0.3, -0.25) is 24.0 Å². The number of aromatic amines is 1. The first-order valence-electron chi connectivity index (χ1n) is 8.18. The Morgan fingerprint density at radius 1 is 1.28 bits per heavy atom. The lowest BCUT2D eigenvalue weighted by molar-refractivity contribution is 0.0923. The number of nitrogens with one attached hydrogen (secondary N) is 1. The lowest BCUT2D eigenvalue weighted by Crippen LogP contribution is -2.38. The predicted octanol–water partition coefficient (Wildman–Crippen LogP) is 1.32. The van der Waals surface area contributed by atoms with Crippen molar-refractivity contribution >= 4 is 11.6 Å². The average Bonchev–Trinajstić information content (AvgIpc) is 2.54. The molecule has 2 aromatic rings. The molecule has 0 aliphatic heterocycles. The highest BCUT2D eigenvalue weighted by Crippen LogP contribution is 2.19. The standard InChI is InChI=1S/C18H24N4O3/c1-5-22-16(19)15(17(24)20-18(22)25)14(23)10-21(4)12(3)13-8-6-11(2)7-9-13/h6-9,12H,5,10,19H2,1-4H3,(H,20,24,25). The monoisotopic (exact) mass is 344 g/mol. The molecule has 0 fully saturated rings. The van der Waals surface area contributed by atoms with E-state index in [1.165, 1.54) is 4.57 Å². The van der Waals surface area contributed by atoms with E-state index in [1.54, 1.807) is 6.92 Å². The van der Waals surface area contributed by atoms with Crippen LogP contribution in [0.1, 0.15) is 41.4 Å². The van der Waals surface area contributed by atoms with E-state index >= 15 is 0 Å². The number of hydrogen-bond donors (Lipinski definition) is 2. The van der Waals surface area contributed by atoms with Crippen LogP contribution in [-0.2, 0) is 6.54 Å². The fraction of sp³-hybridized carbons (Fsp3) is 0.389. The van der Waals surface area contributed by atoms with Crippen molar-refractivity contribution in [3.63, 3.8) is 0 Å². The molecule has 7 nitrogen and oxygen atoms in total. The minimum atomic E-state index is -0.742. The number of likely N-dealkylation sites (N-methyl/N-ethyl adjacent to an activating group) is 1. The number of benzene rings is 1. The number of nitrogens with two attached hydrogens (primary N) is 1. The molecule has 0 aliphatic carbocycles. The molecule has 1 aromatic carbocycles. The quantitative estimate of drug-likeness (QED) is 0.770. The van der Waals surface area contributed by atoms with E-state index in [0.717, 1.165) is 11.1 Å². The van der Waals surface area contributed by atoms with Gasteiger partial charge in [0.25, 0.3) is 5.56 Å². The molecule has 1 aromatic heterocycles. The first kappa shape index (κ1) is 18.7. The van der Waals surface area contributed by atoms with Crippen molar-refractivity contribution in [1.82, 2.24) is 14.5 Å². The van der Waals surface area contributed by atoms with Crippen LogP contribution in [0, 0.1) is 6.92 Å². The maximum absolute atomic E-state index is 12.6. The lowest BCUT2D eigenvalue weighted by Gasteiger charge is -2.24. The number of H-pyrrole nitrogens is 1. The van der Waals surface area contributed by atoms with E-state index in [1.807, 2.05) is 50.1 Å². The van der Waals surface area contributed by atoms with Crippen molar-refractivity contribution in [2.75, 3.05) is 19.3 Å². The minimum Gasteiger partial charge on any atom is -0.384 e. The van der Waals surface area contributed by atoms with Crippen LogP contribution in [0.25, 0.3) is 0 Å². The van der Waals surface area contributed by atoms with Crippen LogP contribution >= 0.6 is 0 Å². The number of rotatable bonds is 6. The fourth-order valence-electron chi connectivity index (χ4n) is 2.71. The van der Waals surface area contributed by atoms with Crippen molar-refractivity contribution in [2.45, 2.75) is 33.4 Å². The molecule has 1 unspecified atom stereocenters. The molecular weight excluding hydrogens is 320 g/mol. The van der Waals surface area contributed by atoms with E-state index in [2.05, 4.69) is 4.98 Å². The molecule has 1 heterocycles. The first-order valence-corrected chi connectivity index (χ1v) is 8.18. The molecule has 0 amide bonds. The second-order valence-corrected chi connectivity index (χ2v) is 6.19. The largest absolute Gasteiger partial charge is 0.384 e. The van der Waals surface area contributed by atoms with Gasteiger partial charge in [-0.2, -0.15) is 0 Å². The number of aromatic nitrogens is 2. The van der Waals surface area contributed by atoms with Crippen LogP contribution in [0.4, 0.5) is 5.82 Å². The smallest absolute Gasteiger partial charge is 0.329 e. The molecule has 7 heteroatoms. The van der Waals surface area contributed by atoms with Gasteiger partial charge in [0, 0.05) is 12.6 Å². The molecule has 0 aliphatic rings. The Morgan fingerprint density at radius 3 is 2.44 bits per heavy atom. The third-order valence-electron chi connectivity index (χ3n) is 4.45. The minimum absolute atomic E-state index is 0.0121. The van der Waals surface area contributed by atoms with Crippen LogP contribution in [0.3, 0.4) is 0 Å². The molecule has 1 atom stereocenters. The van der Waals surface area contributed by atoms with Gasteiger partial charge in [-0.05, 0) is 33.4 Å². The highest BCUT2D eigenvalue weighted by atomic mass is 16.2. The Kier molecular flexibility index (Phi) is 5.58. The van der Waals surface area contributed by atoms with Gasteiger partial charge in [-0.15, -0.1) is 0 Å². The van der Waals surface area contributed by atoms with Crippen LogP contribution in [0.2, 0.25) is 0 Å². The summed E-state index contributed by atoms with van der Waals surface area (Å²) < 4.78 is 1.18. The van der Waals surface area contributed by atoms with Crippen LogP contribution in [0.5, 0.6) is 0 Å². The van der Waals surface area contributed by atoms with Crippen LogP contribution in [-0.4, -0.2) is 33.8 Å². The molecular formula is C18H24N4O3. The molecule has 0 spiro atoms. The lowest BCUT2D eigenvalue weighted by atomic mass is 10.0. The number of hydrogen-bond acceptors (Lipinski definition) is 5. The molecule has 3 N–H and O–H groups in total. The third-order valence-corrected chi connectivity index (χ3v) is 4.45. The van der Waals surface area contributed by atoms with Gasteiger partial charge in [-0.25, -0.2) is 4.79 Å². The van der Waals surface area contributed by atoms with E-state index in [-0.39, 0.29) is 30.5 Å². The van der Waals surface area contributed by atoms with Crippen molar-refractivity contribution in [3.05, 3.63) is 61.8 Å². The number of nitrogens with zero attached hydrogens (tertiary/aromatic N) is 2. The topological polar surface area (TPSA) is 101 Å². The molecule has 134 valence electrons. The summed E-state index contributed by atoms with van der Waals surface area (Å²) in [5.41, 5.74) is 6.60. The number of carbonyl (C=O) groups excluding carboxylic acids is 1. The molecule has 0 bridgehead atoms. The van der Waals surface area contributed by atoms with Crippen LogP contribution < -0.4 is 17.0 Å². The fourth-order valence-corrected chi connectivity index (χ4v) is 2.71. The molecule has 0 saturated heterocycles. The van der Waals surface area contributed by atoms with Gasteiger partial charge in [0.1, 0.15) is 11.4 Å². The summed E-state index contributed by atoms with van der Waals surface area (Å²) in [6, 6.07) is 8.04. The Balaban J connectivity index is 2.26. The number of aryl methyl sites for hydroxylation is 1. The maximum atomic E-state index is 12.6. The Morgan fingerprint density at radius 2 is 1.88 bits per heavy atom. The van der Waals surface area contributed by atoms with Crippen LogP contribution in [0.15, 0.2) is 33.9 Å². The first-order chi connectivity index (χ1) is 11.8. The Labute approximate surface area is 146 Å². The predicted molar refractivity (Wildman–Crippen MR) is 98.0 cm³/mol. The highest BCUT2D eigenvalue weighted by molar-refractivity contribution is 6.01. The zero-order valence-electron chi connectivity index (χ0n) is 15.0.